The van der Waals surface area contributed by atoms with E-state index in [-0.39, 0.29) is 0 Å². The second kappa shape index (κ2) is 6.17. The molecular weight excluding hydrogens is 250 g/mol. The Kier molecular flexibility index (Phi) is 5.13. The van der Waals surface area contributed by atoms with Crippen molar-refractivity contribution in [3.05, 3.63) is 30.6 Å². The Morgan fingerprint density at radius 2 is 2.22 bits per heavy atom. The van der Waals surface area contributed by atoms with Crippen LogP contribution in [0.2, 0.25) is 0 Å². The van der Waals surface area contributed by atoms with Crippen molar-refractivity contribution in [3.63, 3.8) is 0 Å². The standard InChI is InChI=1S/C12H21N3O2S/c1-4-6-15(7-5-2)18(16,17)12-8-11(9-13)14(3)10-12/h4,8,10H,1,5-7,9,13H2,2-3H3. The quantitative estimate of drug-likeness (QED) is 0.754. The van der Waals surface area contributed by atoms with Gasteiger partial charge in [0.1, 0.15) is 4.90 Å². The number of aromatic nitrogens is 1. The van der Waals surface area contributed by atoms with Crippen LogP contribution in [0.4, 0.5) is 0 Å². The van der Waals surface area contributed by atoms with Gasteiger partial charge in [-0.05, 0) is 12.5 Å². The Morgan fingerprint density at radius 3 is 2.67 bits per heavy atom. The van der Waals surface area contributed by atoms with E-state index >= 15 is 0 Å². The summed E-state index contributed by atoms with van der Waals surface area (Å²) in [5.74, 6) is 0. The zero-order valence-electron chi connectivity index (χ0n) is 11.0. The largest absolute Gasteiger partial charge is 0.352 e. The van der Waals surface area contributed by atoms with E-state index < -0.39 is 10.0 Å². The molecule has 1 heterocycles. The third-order valence-electron chi connectivity index (χ3n) is 2.74. The Bertz CT molecular complexity index is 505. The molecule has 0 fully saturated rings. The van der Waals surface area contributed by atoms with Crippen molar-refractivity contribution in [2.45, 2.75) is 24.8 Å². The topological polar surface area (TPSA) is 68.3 Å². The van der Waals surface area contributed by atoms with E-state index in [1.807, 2.05) is 6.92 Å². The van der Waals surface area contributed by atoms with Crippen molar-refractivity contribution in [2.24, 2.45) is 12.8 Å². The van der Waals surface area contributed by atoms with Gasteiger partial charge in [0.2, 0.25) is 10.0 Å². The van der Waals surface area contributed by atoms with Crippen molar-refractivity contribution >= 4 is 10.0 Å². The minimum Gasteiger partial charge on any atom is -0.352 e. The normalized spacial score (nSPS) is 12.0. The highest BCUT2D eigenvalue weighted by Gasteiger charge is 2.24. The van der Waals surface area contributed by atoms with E-state index in [1.165, 1.54) is 4.31 Å². The highest BCUT2D eigenvalue weighted by atomic mass is 32.2. The molecule has 6 heteroatoms. The van der Waals surface area contributed by atoms with Crippen LogP contribution in [0.5, 0.6) is 0 Å². The molecule has 102 valence electrons. The summed E-state index contributed by atoms with van der Waals surface area (Å²) in [5, 5.41) is 0. The van der Waals surface area contributed by atoms with E-state index in [0.29, 0.717) is 24.5 Å². The zero-order chi connectivity index (χ0) is 13.8. The molecule has 0 aliphatic heterocycles. The fraction of sp³-hybridized carbons (Fsp3) is 0.500. The van der Waals surface area contributed by atoms with E-state index in [2.05, 4.69) is 6.58 Å². The first-order chi connectivity index (χ1) is 8.47. The third-order valence-corrected chi connectivity index (χ3v) is 4.57. The number of sulfonamides is 1. The molecule has 1 aromatic heterocycles. The van der Waals surface area contributed by atoms with Crippen molar-refractivity contribution in [2.75, 3.05) is 13.1 Å². The lowest BCUT2D eigenvalue weighted by molar-refractivity contribution is 0.441. The summed E-state index contributed by atoms with van der Waals surface area (Å²) in [7, 11) is -1.66. The second-order valence-electron chi connectivity index (χ2n) is 4.13. The van der Waals surface area contributed by atoms with Gasteiger partial charge >= 0.3 is 0 Å². The molecule has 0 aromatic carbocycles. The van der Waals surface area contributed by atoms with E-state index in [1.54, 1.807) is 30.0 Å². The summed E-state index contributed by atoms with van der Waals surface area (Å²) in [6, 6.07) is 1.63. The molecule has 0 radical (unpaired) electrons. The molecule has 0 spiro atoms. The predicted molar refractivity (Wildman–Crippen MR) is 72.6 cm³/mol. The average Bonchev–Trinajstić information content (AvgIpc) is 2.71. The summed E-state index contributed by atoms with van der Waals surface area (Å²) in [5.41, 5.74) is 6.35. The average molecular weight is 271 g/mol. The SMILES string of the molecule is C=CCN(CCC)S(=O)(=O)c1cc(CN)n(C)c1. The lowest BCUT2D eigenvalue weighted by atomic mass is 10.4. The maximum Gasteiger partial charge on any atom is 0.244 e. The molecule has 1 rings (SSSR count). The third kappa shape index (κ3) is 3.01. The number of nitrogens with zero attached hydrogens (tertiary/aromatic N) is 2. The lowest BCUT2D eigenvalue weighted by Crippen LogP contribution is -2.31. The molecule has 5 nitrogen and oxygen atoms in total. The number of aryl methyl sites for hydroxylation is 1. The second-order valence-corrected chi connectivity index (χ2v) is 6.07. The van der Waals surface area contributed by atoms with Gasteiger partial charge in [0, 0.05) is 38.6 Å². The van der Waals surface area contributed by atoms with Gasteiger partial charge in [0.15, 0.2) is 0 Å². The van der Waals surface area contributed by atoms with Crippen molar-refractivity contribution in [1.29, 1.82) is 0 Å². The molecule has 0 amide bonds. The van der Waals surface area contributed by atoms with Gasteiger partial charge in [-0.3, -0.25) is 0 Å². The molecule has 18 heavy (non-hydrogen) atoms. The fourth-order valence-electron chi connectivity index (χ4n) is 1.77. The predicted octanol–water partition coefficient (Wildman–Crippen LogP) is 1.07. The molecule has 2 N–H and O–H groups in total. The van der Waals surface area contributed by atoms with Gasteiger partial charge in [0.05, 0.1) is 0 Å². The first-order valence-electron chi connectivity index (χ1n) is 5.93. The fourth-order valence-corrected chi connectivity index (χ4v) is 3.37. The summed E-state index contributed by atoms with van der Waals surface area (Å²) >= 11 is 0. The highest BCUT2D eigenvalue weighted by Crippen LogP contribution is 2.18. The van der Waals surface area contributed by atoms with Crippen LogP contribution >= 0.6 is 0 Å². The Hall–Kier alpha value is -1.11. The monoisotopic (exact) mass is 271 g/mol. The van der Waals surface area contributed by atoms with Crippen LogP contribution in [0.1, 0.15) is 19.0 Å². The molecule has 0 atom stereocenters. The van der Waals surface area contributed by atoms with Crippen LogP contribution < -0.4 is 5.73 Å². The Balaban J connectivity index is 3.12. The molecule has 0 bridgehead atoms. The zero-order valence-corrected chi connectivity index (χ0v) is 11.8. The molecule has 1 aromatic rings. The van der Waals surface area contributed by atoms with Crippen LogP contribution in [0.15, 0.2) is 29.8 Å². The van der Waals surface area contributed by atoms with Gasteiger partial charge in [-0.1, -0.05) is 13.0 Å². The molecule has 0 saturated heterocycles. The van der Waals surface area contributed by atoms with E-state index in [0.717, 1.165) is 12.1 Å². The maximum absolute atomic E-state index is 12.4. The number of hydrogen-bond donors (Lipinski definition) is 1. The van der Waals surface area contributed by atoms with Crippen molar-refractivity contribution in [3.8, 4) is 0 Å². The van der Waals surface area contributed by atoms with Crippen LogP contribution in [0.3, 0.4) is 0 Å². The Morgan fingerprint density at radius 1 is 1.56 bits per heavy atom. The summed E-state index contributed by atoms with van der Waals surface area (Å²) < 4.78 is 28.0. The van der Waals surface area contributed by atoms with Gasteiger partial charge in [-0.15, -0.1) is 6.58 Å². The van der Waals surface area contributed by atoms with Crippen molar-refractivity contribution in [1.82, 2.24) is 8.87 Å². The van der Waals surface area contributed by atoms with Gasteiger partial charge in [-0.2, -0.15) is 4.31 Å². The summed E-state index contributed by atoms with van der Waals surface area (Å²) in [6.07, 6.45) is 3.97. The lowest BCUT2D eigenvalue weighted by Gasteiger charge is -2.18. The molecule has 0 saturated carbocycles. The van der Waals surface area contributed by atoms with Gasteiger partial charge in [0.25, 0.3) is 0 Å². The molecule has 0 aliphatic rings. The molecule has 0 aliphatic carbocycles. The van der Waals surface area contributed by atoms with E-state index in [9.17, 15) is 8.42 Å². The minimum absolute atomic E-state index is 0.292. The summed E-state index contributed by atoms with van der Waals surface area (Å²) in [6.45, 7) is 6.67. The number of hydrogen-bond acceptors (Lipinski definition) is 3. The van der Waals surface area contributed by atoms with Crippen LogP contribution in [0, 0.1) is 0 Å². The first-order valence-corrected chi connectivity index (χ1v) is 7.37. The van der Waals surface area contributed by atoms with Crippen LogP contribution in [0.25, 0.3) is 0 Å². The van der Waals surface area contributed by atoms with Gasteiger partial charge < -0.3 is 10.3 Å². The van der Waals surface area contributed by atoms with Crippen LogP contribution in [-0.4, -0.2) is 30.4 Å². The smallest absolute Gasteiger partial charge is 0.244 e. The first kappa shape index (κ1) is 14.9. The van der Waals surface area contributed by atoms with Crippen molar-refractivity contribution < 1.29 is 8.42 Å². The highest BCUT2D eigenvalue weighted by molar-refractivity contribution is 7.89. The summed E-state index contributed by atoms with van der Waals surface area (Å²) in [4.78, 5) is 0.292. The van der Waals surface area contributed by atoms with Crippen LogP contribution in [-0.2, 0) is 23.6 Å². The minimum atomic E-state index is -3.45. The van der Waals surface area contributed by atoms with E-state index in [4.69, 9.17) is 5.73 Å². The molecule has 0 unspecified atom stereocenters. The molecular formula is C12H21N3O2S. The number of rotatable bonds is 7. The van der Waals surface area contributed by atoms with Gasteiger partial charge in [-0.25, -0.2) is 8.42 Å². The Labute approximate surface area is 109 Å². The number of nitrogens with two attached hydrogens (primary N) is 1. The maximum atomic E-state index is 12.4.